The first-order valence-corrected chi connectivity index (χ1v) is 6.57. The van der Waals surface area contributed by atoms with E-state index in [1.54, 1.807) is 0 Å². The molecular formula is C15H19NO. The van der Waals surface area contributed by atoms with Gasteiger partial charge in [0.05, 0.1) is 0 Å². The lowest BCUT2D eigenvalue weighted by Gasteiger charge is -2.35. The summed E-state index contributed by atoms with van der Waals surface area (Å²) in [5.41, 5.74) is 0.890. The Labute approximate surface area is 103 Å². The minimum atomic E-state index is 0.256. The van der Waals surface area contributed by atoms with Gasteiger partial charge in [-0.15, -0.1) is 0 Å². The Balaban J connectivity index is 1.77. The minimum absolute atomic E-state index is 0.256. The molecule has 1 aromatic carbocycles. The Morgan fingerprint density at radius 1 is 1.12 bits per heavy atom. The van der Waals surface area contributed by atoms with Crippen LogP contribution in [0.5, 0.6) is 0 Å². The van der Waals surface area contributed by atoms with Gasteiger partial charge in [0.15, 0.2) is 5.78 Å². The third-order valence-electron chi connectivity index (χ3n) is 4.53. The molecule has 2 unspecified atom stereocenters. The molecule has 0 radical (unpaired) electrons. The highest BCUT2D eigenvalue weighted by molar-refractivity contribution is 5.97. The molecule has 2 bridgehead atoms. The minimum Gasteiger partial charge on any atom is -0.300 e. The molecule has 2 heterocycles. The first-order valence-electron chi connectivity index (χ1n) is 6.57. The second kappa shape index (κ2) is 4.26. The van der Waals surface area contributed by atoms with Crippen LogP contribution in [0, 0.1) is 5.92 Å². The molecule has 0 aromatic heterocycles. The monoisotopic (exact) mass is 229 g/mol. The highest BCUT2D eigenvalue weighted by atomic mass is 16.1. The van der Waals surface area contributed by atoms with Gasteiger partial charge < -0.3 is 4.90 Å². The summed E-state index contributed by atoms with van der Waals surface area (Å²) in [6.07, 6.45) is 4.67. The fourth-order valence-electron chi connectivity index (χ4n) is 3.46. The standard InChI is InChI=1S/C15H19NO/c1-16-13-7-8-14(16)10-12(9-13)15(17)11-5-3-2-4-6-11/h2-6,12-14H,7-10H2,1H3. The van der Waals surface area contributed by atoms with E-state index in [0.29, 0.717) is 17.9 Å². The summed E-state index contributed by atoms with van der Waals surface area (Å²) in [6, 6.07) is 11.1. The number of hydrogen-bond donors (Lipinski definition) is 0. The van der Waals surface area contributed by atoms with Crippen molar-refractivity contribution in [2.45, 2.75) is 37.8 Å². The maximum absolute atomic E-state index is 12.4. The molecule has 0 spiro atoms. The van der Waals surface area contributed by atoms with Crippen LogP contribution in [0.15, 0.2) is 30.3 Å². The van der Waals surface area contributed by atoms with E-state index in [-0.39, 0.29) is 5.92 Å². The van der Waals surface area contributed by atoms with Gasteiger partial charge in [-0.1, -0.05) is 30.3 Å². The molecule has 0 aliphatic carbocycles. The Hall–Kier alpha value is -1.15. The maximum Gasteiger partial charge on any atom is 0.166 e. The number of piperidine rings is 1. The largest absolute Gasteiger partial charge is 0.300 e. The average Bonchev–Trinajstić information content (AvgIpc) is 2.61. The molecule has 90 valence electrons. The number of carbonyl (C=O) groups excluding carboxylic acids is 1. The molecule has 2 atom stereocenters. The van der Waals surface area contributed by atoms with E-state index in [2.05, 4.69) is 11.9 Å². The van der Waals surface area contributed by atoms with Gasteiger partial charge >= 0.3 is 0 Å². The molecule has 0 amide bonds. The molecule has 17 heavy (non-hydrogen) atoms. The van der Waals surface area contributed by atoms with Crippen LogP contribution in [-0.4, -0.2) is 29.8 Å². The van der Waals surface area contributed by atoms with Crippen molar-refractivity contribution in [2.24, 2.45) is 5.92 Å². The van der Waals surface area contributed by atoms with Gasteiger partial charge in [-0.05, 0) is 32.7 Å². The lowest BCUT2D eigenvalue weighted by Crippen LogP contribution is -2.42. The van der Waals surface area contributed by atoms with Crippen molar-refractivity contribution >= 4 is 5.78 Å². The summed E-state index contributed by atoms with van der Waals surface area (Å²) in [5, 5.41) is 0. The molecular weight excluding hydrogens is 210 g/mol. The summed E-state index contributed by atoms with van der Waals surface area (Å²) < 4.78 is 0. The summed E-state index contributed by atoms with van der Waals surface area (Å²) in [4.78, 5) is 14.9. The molecule has 1 aromatic rings. The number of rotatable bonds is 2. The van der Waals surface area contributed by atoms with Crippen molar-refractivity contribution in [3.05, 3.63) is 35.9 Å². The quantitative estimate of drug-likeness (QED) is 0.727. The van der Waals surface area contributed by atoms with E-state index in [0.717, 1.165) is 18.4 Å². The van der Waals surface area contributed by atoms with Crippen LogP contribution in [0.3, 0.4) is 0 Å². The molecule has 2 fully saturated rings. The Kier molecular flexibility index (Phi) is 2.75. The van der Waals surface area contributed by atoms with E-state index >= 15 is 0 Å². The van der Waals surface area contributed by atoms with Gasteiger partial charge in [-0.25, -0.2) is 0 Å². The molecule has 0 saturated carbocycles. The number of fused-ring (bicyclic) bond motifs is 2. The van der Waals surface area contributed by atoms with Crippen molar-refractivity contribution in [3.63, 3.8) is 0 Å². The molecule has 0 N–H and O–H groups in total. The van der Waals surface area contributed by atoms with Gasteiger partial charge in [-0.2, -0.15) is 0 Å². The second-order valence-corrected chi connectivity index (χ2v) is 5.45. The van der Waals surface area contributed by atoms with E-state index in [9.17, 15) is 4.79 Å². The predicted molar refractivity (Wildman–Crippen MR) is 68.1 cm³/mol. The SMILES string of the molecule is CN1C2CCC1CC(C(=O)c1ccccc1)C2. The average molecular weight is 229 g/mol. The molecule has 2 heteroatoms. The van der Waals surface area contributed by atoms with E-state index < -0.39 is 0 Å². The van der Waals surface area contributed by atoms with Gasteiger partial charge in [0.2, 0.25) is 0 Å². The van der Waals surface area contributed by atoms with Crippen LogP contribution in [0.1, 0.15) is 36.0 Å². The second-order valence-electron chi connectivity index (χ2n) is 5.45. The van der Waals surface area contributed by atoms with E-state index in [1.165, 1.54) is 12.8 Å². The lowest BCUT2D eigenvalue weighted by atomic mass is 9.85. The molecule has 2 aliphatic rings. The zero-order valence-electron chi connectivity index (χ0n) is 10.3. The molecule has 2 aliphatic heterocycles. The fourth-order valence-corrected chi connectivity index (χ4v) is 3.46. The third kappa shape index (κ3) is 1.91. The summed E-state index contributed by atoms with van der Waals surface area (Å²) in [6.45, 7) is 0. The topological polar surface area (TPSA) is 20.3 Å². The fraction of sp³-hybridized carbons (Fsp3) is 0.533. The highest BCUT2D eigenvalue weighted by Gasteiger charge is 2.40. The Bertz CT molecular complexity index is 400. The van der Waals surface area contributed by atoms with Crippen LogP contribution in [0.25, 0.3) is 0 Å². The maximum atomic E-state index is 12.4. The van der Waals surface area contributed by atoms with Crippen LogP contribution in [-0.2, 0) is 0 Å². The number of hydrogen-bond acceptors (Lipinski definition) is 2. The lowest BCUT2D eigenvalue weighted by molar-refractivity contribution is 0.0767. The highest BCUT2D eigenvalue weighted by Crippen LogP contribution is 2.38. The number of carbonyl (C=O) groups is 1. The van der Waals surface area contributed by atoms with Gasteiger partial charge in [0.25, 0.3) is 0 Å². The third-order valence-corrected chi connectivity index (χ3v) is 4.53. The van der Waals surface area contributed by atoms with E-state index in [1.807, 2.05) is 30.3 Å². The van der Waals surface area contributed by atoms with Crippen molar-refractivity contribution in [1.82, 2.24) is 4.90 Å². The van der Waals surface area contributed by atoms with Gasteiger partial charge in [0.1, 0.15) is 0 Å². The van der Waals surface area contributed by atoms with Crippen molar-refractivity contribution < 1.29 is 4.79 Å². The number of nitrogens with zero attached hydrogens (tertiary/aromatic N) is 1. The summed E-state index contributed by atoms with van der Waals surface area (Å²) in [7, 11) is 2.21. The van der Waals surface area contributed by atoms with Gasteiger partial charge in [0, 0.05) is 23.6 Å². The first-order chi connectivity index (χ1) is 8.25. The van der Waals surface area contributed by atoms with Crippen LogP contribution < -0.4 is 0 Å². The van der Waals surface area contributed by atoms with Crippen molar-refractivity contribution in [1.29, 1.82) is 0 Å². The molecule has 3 rings (SSSR count). The molecule has 2 nitrogen and oxygen atoms in total. The van der Waals surface area contributed by atoms with Crippen molar-refractivity contribution in [2.75, 3.05) is 7.05 Å². The van der Waals surface area contributed by atoms with Crippen LogP contribution >= 0.6 is 0 Å². The zero-order valence-corrected chi connectivity index (χ0v) is 10.3. The predicted octanol–water partition coefficient (Wildman–Crippen LogP) is 2.74. The van der Waals surface area contributed by atoms with Crippen molar-refractivity contribution in [3.8, 4) is 0 Å². The van der Waals surface area contributed by atoms with Crippen LogP contribution in [0.2, 0.25) is 0 Å². The summed E-state index contributed by atoms with van der Waals surface area (Å²) >= 11 is 0. The number of Topliss-reactive ketones (excluding diaryl/α,β-unsaturated/α-hetero) is 1. The number of ketones is 1. The first kappa shape index (κ1) is 11.0. The smallest absolute Gasteiger partial charge is 0.166 e. The molecule has 2 saturated heterocycles. The Morgan fingerprint density at radius 2 is 1.71 bits per heavy atom. The zero-order chi connectivity index (χ0) is 11.8. The Morgan fingerprint density at radius 3 is 2.29 bits per heavy atom. The summed E-state index contributed by atoms with van der Waals surface area (Å²) in [5.74, 6) is 0.613. The van der Waals surface area contributed by atoms with E-state index in [4.69, 9.17) is 0 Å². The van der Waals surface area contributed by atoms with Crippen LogP contribution in [0.4, 0.5) is 0 Å². The van der Waals surface area contributed by atoms with Gasteiger partial charge in [-0.3, -0.25) is 4.79 Å². The number of benzene rings is 1. The normalized spacial score (nSPS) is 32.6.